The van der Waals surface area contributed by atoms with Crippen LogP contribution in [0.3, 0.4) is 0 Å². The Morgan fingerprint density at radius 2 is 0.729 bits per heavy atom. The molecule has 0 bridgehead atoms. The first-order valence-corrected chi connectivity index (χ1v) is 44.3. The van der Waals surface area contributed by atoms with Crippen LogP contribution in [0.5, 0.6) is 69.4 Å². The third-order valence-electron chi connectivity index (χ3n) is 24.1. The van der Waals surface area contributed by atoms with Gasteiger partial charge in [0.2, 0.25) is 23.5 Å². The topological polar surface area (TPSA) is 344 Å². The van der Waals surface area contributed by atoms with Crippen molar-refractivity contribution in [1.29, 1.82) is 0 Å². The molecule has 6 aromatic heterocycles. The molecule has 0 saturated carbocycles. The summed E-state index contributed by atoms with van der Waals surface area (Å²) in [6, 6.07) is 31.6. The maximum Gasteiger partial charge on any atom is 0.230 e. The molecule has 6 aliphatic heterocycles. The highest BCUT2D eigenvalue weighted by Gasteiger charge is 2.45. The summed E-state index contributed by atoms with van der Waals surface area (Å²) in [4.78, 5) is 83.5. The fourth-order valence-electron chi connectivity index (χ4n) is 16.7. The maximum atomic E-state index is 12.8. The molecular weight excluding hydrogens is 1720 g/mol. The Hall–Kier alpha value is -11.7. The number of Topliss-reactive ketones (excluding diaryl/α,β-unsaturated/α-hetero) is 3. The summed E-state index contributed by atoms with van der Waals surface area (Å²) in [5.41, 5.74) is 6.92. The number of methoxy groups -OCH3 is 3. The molecule has 6 saturated heterocycles. The van der Waals surface area contributed by atoms with Gasteiger partial charge in [0.25, 0.3) is 0 Å². The number of nitrogens with zero attached hydrogens (tertiary/aromatic N) is 12. The van der Waals surface area contributed by atoms with Gasteiger partial charge in [0.05, 0.1) is 156 Å². The lowest BCUT2D eigenvalue weighted by Gasteiger charge is -2.47. The molecule has 34 heteroatoms. The number of benzene rings is 6. The summed E-state index contributed by atoms with van der Waals surface area (Å²) in [5, 5.41) is 14.8. The van der Waals surface area contributed by atoms with Crippen molar-refractivity contribution in [1.82, 2.24) is 60.1 Å². The highest BCUT2D eigenvalue weighted by Crippen LogP contribution is 2.45. The van der Waals surface area contributed by atoms with Crippen LogP contribution >= 0.6 is 34.8 Å². The molecule has 0 N–H and O–H groups in total. The number of fused-ring (bicyclic) bond motifs is 3. The molecule has 6 aromatic carbocycles. The van der Waals surface area contributed by atoms with Crippen molar-refractivity contribution in [3.8, 4) is 69.4 Å². The minimum absolute atomic E-state index is 0.0142. The molecule has 12 aromatic rings. The van der Waals surface area contributed by atoms with E-state index in [1.807, 2.05) is 29.2 Å². The van der Waals surface area contributed by atoms with Crippen molar-refractivity contribution < 1.29 is 89.6 Å². The first-order valence-electron chi connectivity index (χ1n) is 43.1. The Labute approximate surface area is 759 Å². The molecule has 6 fully saturated rings. The van der Waals surface area contributed by atoms with E-state index in [2.05, 4.69) is 55.2 Å². The van der Waals surface area contributed by atoms with Crippen LogP contribution in [-0.2, 0) is 71.9 Å². The number of likely N-dealkylation sites (tertiary alicyclic amines) is 3. The predicted molar refractivity (Wildman–Crippen MR) is 476 cm³/mol. The second-order valence-corrected chi connectivity index (χ2v) is 35.1. The largest absolute Gasteiger partial charge is 0.493 e. The molecule has 0 aliphatic carbocycles. The van der Waals surface area contributed by atoms with E-state index in [-0.39, 0.29) is 80.2 Å². The Morgan fingerprint density at radius 1 is 0.388 bits per heavy atom. The van der Waals surface area contributed by atoms with Crippen molar-refractivity contribution >= 4 is 90.8 Å². The second kappa shape index (κ2) is 41.4. The first kappa shape index (κ1) is 90.7. The Morgan fingerprint density at radius 3 is 1.05 bits per heavy atom. The van der Waals surface area contributed by atoms with Gasteiger partial charge >= 0.3 is 0 Å². The number of ether oxygens (including phenoxy) is 12. The van der Waals surface area contributed by atoms with Crippen LogP contribution in [0.4, 0.5) is 0 Å². The van der Waals surface area contributed by atoms with E-state index >= 15 is 0 Å². The van der Waals surface area contributed by atoms with Gasteiger partial charge in [0, 0.05) is 120 Å². The summed E-state index contributed by atoms with van der Waals surface area (Å²) in [6.45, 7) is 20.0. The number of piperidine rings is 2. The summed E-state index contributed by atoms with van der Waals surface area (Å²) in [7, 11) is 4.75. The molecule has 31 nitrogen and oxygen atoms in total. The number of hydrogen-bond donors (Lipinski definition) is 0. The normalized spacial score (nSPS) is 16.0. The monoisotopic (exact) mass is 1820 g/mol. The lowest BCUT2D eigenvalue weighted by Crippen LogP contribution is -2.52. The minimum Gasteiger partial charge on any atom is -0.493 e. The van der Waals surface area contributed by atoms with E-state index < -0.39 is 0 Å². The number of aromatic nitrogens is 9. The lowest BCUT2D eigenvalue weighted by molar-refractivity contribution is -0.153. The molecule has 6 aliphatic rings. The summed E-state index contributed by atoms with van der Waals surface area (Å²) >= 11 is 19.5. The zero-order chi connectivity index (χ0) is 89.6. The Kier molecular flexibility index (Phi) is 29.1. The fraction of sp³-hybridized carbons (Fsp3) is 0.421. The lowest BCUT2D eigenvalue weighted by atomic mass is 9.77. The number of amides is 1. The van der Waals surface area contributed by atoms with Crippen LogP contribution in [-0.4, -0.2) is 216 Å². The van der Waals surface area contributed by atoms with Crippen LogP contribution in [0.2, 0.25) is 15.1 Å². The van der Waals surface area contributed by atoms with Crippen LogP contribution in [0.25, 0.3) is 32.7 Å². The number of aryl methyl sites for hydroxylation is 3. The van der Waals surface area contributed by atoms with E-state index in [1.54, 1.807) is 127 Å². The van der Waals surface area contributed by atoms with Crippen molar-refractivity contribution in [2.75, 3.05) is 133 Å². The van der Waals surface area contributed by atoms with E-state index in [1.165, 1.54) is 38.2 Å². The van der Waals surface area contributed by atoms with Crippen LogP contribution < -0.4 is 42.6 Å². The third kappa shape index (κ3) is 23.0. The Balaban J connectivity index is 0.000000142. The fourth-order valence-corrected chi connectivity index (χ4v) is 17.4. The minimum atomic E-state index is -0.0333. The SMILES string of the molecule is COc1cc2c(Oc3ccc(CC(=O)Cc4cc(C)on4)c(Cl)c3)ncnc2cc1OCCC(=O)N1CCC2(CC1)COC2.COc1cc2c(Oc3ccc(CC(=O)Cc4cc(C)on4)c(Cl)c3)ncnc2cc1OCCCN1CCC2(CC1)COC2.COc1cc2c(Oc3ccc(CC(=O)Cc4cc(C)on4)c(Cl)c3)ncnc2cc1OCCCN1CCC2(COC2)C1. The van der Waals surface area contributed by atoms with Crippen LogP contribution in [0.1, 0.15) is 102 Å². The highest BCUT2D eigenvalue weighted by atomic mass is 35.5. The third-order valence-corrected chi connectivity index (χ3v) is 25.1. The van der Waals surface area contributed by atoms with Crippen molar-refractivity contribution in [2.24, 2.45) is 16.2 Å². The molecule has 129 heavy (non-hydrogen) atoms. The van der Waals surface area contributed by atoms with E-state index in [4.69, 9.17) is 105 Å². The van der Waals surface area contributed by atoms with Gasteiger partial charge in [0.1, 0.15) is 70.9 Å². The number of carbonyl (C=O) groups excluding carboxylic acids is 4. The average molecular weight is 1820 g/mol. The van der Waals surface area contributed by atoms with Crippen molar-refractivity contribution in [2.45, 2.75) is 111 Å². The average Bonchev–Trinajstić information content (AvgIpc) is 1.79. The quantitative estimate of drug-likeness (QED) is 0.0333. The van der Waals surface area contributed by atoms with Gasteiger partial charge in [-0.2, -0.15) is 0 Å². The summed E-state index contributed by atoms with van der Waals surface area (Å²) in [5.74, 6) is 7.78. The molecule has 3 spiro atoms. The molecule has 18 rings (SSSR count). The maximum absolute atomic E-state index is 12.8. The van der Waals surface area contributed by atoms with Crippen LogP contribution in [0.15, 0.2) is 142 Å². The van der Waals surface area contributed by atoms with Gasteiger partial charge < -0.3 is 85.1 Å². The number of carbonyl (C=O) groups is 4. The number of halogens is 3. The zero-order valence-electron chi connectivity index (χ0n) is 72.8. The summed E-state index contributed by atoms with van der Waals surface area (Å²) in [6.07, 6.45) is 13.1. The smallest absolute Gasteiger partial charge is 0.230 e. The van der Waals surface area contributed by atoms with Gasteiger partial charge in [0.15, 0.2) is 34.5 Å². The molecule has 0 atom stereocenters. The number of ketones is 3. The highest BCUT2D eigenvalue weighted by molar-refractivity contribution is 6.32. The van der Waals surface area contributed by atoms with E-state index in [9.17, 15) is 19.2 Å². The van der Waals surface area contributed by atoms with Crippen LogP contribution in [0, 0.1) is 37.0 Å². The van der Waals surface area contributed by atoms with Crippen molar-refractivity contribution in [3.63, 3.8) is 0 Å². The molecular formula is C95H101Cl3N12O19. The molecule has 0 unspecified atom stereocenters. The number of hydrogen-bond acceptors (Lipinski definition) is 30. The molecule has 676 valence electrons. The van der Waals surface area contributed by atoms with Gasteiger partial charge in [-0.1, -0.05) is 68.5 Å². The van der Waals surface area contributed by atoms with Gasteiger partial charge in [-0.25, -0.2) is 29.9 Å². The molecule has 12 heterocycles. The van der Waals surface area contributed by atoms with E-state index in [0.717, 1.165) is 118 Å². The zero-order valence-corrected chi connectivity index (χ0v) is 75.1. The van der Waals surface area contributed by atoms with Gasteiger partial charge in [-0.3, -0.25) is 19.2 Å². The number of rotatable bonds is 35. The van der Waals surface area contributed by atoms with Gasteiger partial charge in [-0.15, -0.1) is 0 Å². The standard InChI is InChI=1S/C32H33ClN4O7.C32H35ClN4O6.C31H33ClN4O6/c1-20-11-22(36-44-20)13-23(38)12-21-3-4-24(14-26(21)33)43-31-25-15-28(40-2)29(16-27(25)34-19-35-31)42-10-5-30(39)37-8-6-32(7-9-37)17-41-18-32;1-21-12-23(36-43-21)14-24(38)13-22-4-5-25(15-27(22)33)42-31-26-16-29(39-2)30(17-28(26)34-20-35-31)41-11-3-8-37-9-6-32(7-10-37)18-40-19-32;1-20-10-22(35-42-20)12-23(37)11-21-4-5-24(13-26(21)32)41-30-25-14-28(38-2)29(15-27(25)33-19-34-30)40-9-3-7-36-8-6-31(16-36)17-39-18-31/h3-4,11,14-16,19H,5-10,12-13,17-18H2,1-2H3;4-5,12,15-17,20H,3,6-11,13-14,18-19H2,1-2H3;4-5,10,13-15,19H,3,6-9,11-12,16-18H2,1-2H3. The van der Waals surface area contributed by atoms with Gasteiger partial charge in [-0.05, 0) is 157 Å². The predicted octanol–water partition coefficient (Wildman–Crippen LogP) is 16.0. The Bertz CT molecular complexity index is 6000. The van der Waals surface area contributed by atoms with Crippen molar-refractivity contribution in [3.05, 3.63) is 194 Å². The molecule has 0 radical (unpaired) electrons. The summed E-state index contributed by atoms with van der Waals surface area (Å²) < 4.78 is 84.7. The first-order chi connectivity index (χ1) is 62.6. The van der Waals surface area contributed by atoms with E-state index in [0.29, 0.717) is 192 Å². The second-order valence-electron chi connectivity index (χ2n) is 33.9. The molecule has 1 amide bonds.